The molecule has 0 amide bonds. The van der Waals surface area contributed by atoms with Gasteiger partial charge in [0.25, 0.3) is 0 Å². The maximum atomic E-state index is 13.6. The van der Waals surface area contributed by atoms with Gasteiger partial charge in [0.15, 0.2) is 0 Å². The van der Waals surface area contributed by atoms with Crippen LogP contribution in [0.4, 0.5) is 4.39 Å². The summed E-state index contributed by atoms with van der Waals surface area (Å²) in [7, 11) is 0. The van der Waals surface area contributed by atoms with Gasteiger partial charge in [-0.3, -0.25) is 9.78 Å². The van der Waals surface area contributed by atoms with Crippen LogP contribution >= 0.6 is 0 Å². The number of benzene rings is 1. The van der Waals surface area contributed by atoms with Crippen LogP contribution in [-0.4, -0.2) is 10.8 Å². The first-order valence-electron chi connectivity index (χ1n) is 5.32. The van der Waals surface area contributed by atoms with Crippen molar-refractivity contribution >= 4 is 5.78 Å². The number of nitrogens with zero attached hydrogens (tertiary/aromatic N) is 1. The number of rotatable bonds is 2. The van der Waals surface area contributed by atoms with Crippen LogP contribution in [0.3, 0.4) is 0 Å². The summed E-state index contributed by atoms with van der Waals surface area (Å²) in [6.45, 7) is 3.61. The van der Waals surface area contributed by atoms with Crippen molar-refractivity contribution in [2.45, 2.75) is 13.8 Å². The van der Waals surface area contributed by atoms with Gasteiger partial charge in [-0.05, 0) is 37.6 Å². The maximum Gasteiger partial charge on any atom is 0.214 e. The lowest BCUT2D eigenvalue weighted by atomic mass is 10.0. The molecule has 0 spiro atoms. The molecule has 0 atom stereocenters. The fraction of sp³-hybridized carbons (Fsp3) is 0.143. The molecule has 0 aliphatic carbocycles. The highest BCUT2D eigenvalue weighted by Crippen LogP contribution is 2.16. The topological polar surface area (TPSA) is 30.0 Å². The molecule has 2 nitrogen and oxygen atoms in total. The summed E-state index contributed by atoms with van der Waals surface area (Å²) >= 11 is 0. The van der Waals surface area contributed by atoms with Crippen molar-refractivity contribution in [3.8, 4) is 0 Å². The van der Waals surface area contributed by atoms with Crippen LogP contribution in [0.5, 0.6) is 0 Å². The molecule has 0 unspecified atom stereocenters. The number of aryl methyl sites for hydroxylation is 2. The molecule has 2 rings (SSSR count). The third-order valence-electron chi connectivity index (χ3n) is 2.59. The van der Waals surface area contributed by atoms with Crippen LogP contribution < -0.4 is 0 Å². The SMILES string of the molecule is Cc1ccc(F)c(C(=O)c2ncccc2C)c1. The van der Waals surface area contributed by atoms with Gasteiger partial charge in [0.1, 0.15) is 11.5 Å². The molecular formula is C14H12FNO. The first-order valence-corrected chi connectivity index (χ1v) is 5.32. The Hall–Kier alpha value is -2.03. The van der Waals surface area contributed by atoms with Crippen molar-refractivity contribution in [3.05, 3.63) is 64.7 Å². The number of carbonyl (C=O) groups is 1. The van der Waals surface area contributed by atoms with Crippen LogP contribution in [0.15, 0.2) is 36.5 Å². The second kappa shape index (κ2) is 4.45. The van der Waals surface area contributed by atoms with Crippen LogP contribution in [-0.2, 0) is 0 Å². The van der Waals surface area contributed by atoms with Gasteiger partial charge < -0.3 is 0 Å². The molecule has 0 N–H and O–H groups in total. The number of pyridine rings is 1. The van der Waals surface area contributed by atoms with Gasteiger partial charge in [-0.15, -0.1) is 0 Å². The Labute approximate surface area is 99.1 Å². The average molecular weight is 229 g/mol. The highest BCUT2D eigenvalue weighted by molar-refractivity contribution is 6.08. The predicted octanol–water partition coefficient (Wildman–Crippen LogP) is 3.07. The Balaban J connectivity index is 2.51. The second-order valence-electron chi connectivity index (χ2n) is 3.98. The lowest BCUT2D eigenvalue weighted by molar-refractivity contribution is 0.103. The standard InChI is InChI=1S/C14H12FNO/c1-9-5-6-12(15)11(8-9)14(17)13-10(2)4-3-7-16-13/h3-8H,1-2H3. The average Bonchev–Trinajstić information content (AvgIpc) is 2.32. The molecule has 0 fully saturated rings. The molecule has 17 heavy (non-hydrogen) atoms. The van der Waals surface area contributed by atoms with Crippen molar-refractivity contribution in [1.82, 2.24) is 4.98 Å². The van der Waals surface area contributed by atoms with Crippen LogP contribution in [0.2, 0.25) is 0 Å². The number of carbonyl (C=O) groups excluding carboxylic acids is 1. The van der Waals surface area contributed by atoms with Crippen molar-refractivity contribution in [2.75, 3.05) is 0 Å². The van der Waals surface area contributed by atoms with E-state index in [2.05, 4.69) is 4.98 Å². The molecule has 0 saturated carbocycles. The summed E-state index contributed by atoms with van der Waals surface area (Å²) in [5, 5.41) is 0. The lowest BCUT2D eigenvalue weighted by Crippen LogP contribution is -2.08. The van der Waals surface area contributed by atoms with Gasteiger partial charge in [-0.2, -0.15) is 0 Å². The largest absolute Gasteiger partial charge is 0.287 e. The van der Waals surface area contributed by atoms with Crippen molar-refractivity contribution < 1.29 is 9.18 Å². The van der Waals surface area contributed by atoms with Gasteiger partial charge in [-0.1, -0.05) is 17.7 Å². The number of hydrogen-bond acceptors (Lipinski definition) is 2. The first-order chi connectivity index (χ1) is 8.09. The molecule has 0 radical (unpaired) electrons. The molecule has 0 bridgehead atoms. The van der Waals surface area contributed by atoms with Gasteiger partial charge >= 0.3 is 0 Å². The smallest absolute Gasteiger partial charge is 0.214 e. The zero-order valence-electron chi connectivity index (χ0n) is 9.70. The van der Waals surface area contributed by atoms with Crippen LogP contribution in [0.25, 0.3) is 0 Å². The fourth-order valence-electron chi connectivity index (χ4n) is 1.66. The molecule has 0 aliphatic heterocycles. The van der Waals surface area contributed by atoms with E-state index >= 15 is 0 Å². The monoisotopic (exact) mass is 229 g/mol. The lowest BCUT2D eigenvalue weighted by Gasteiger charge is -2.05. The van der Waals surface area contributed by atoms with Gasteiger partial charge in [-0.25, -0.2) is 4.39 Å². The van der Waals surface area contributed by atoms with Crippen molar-refractivity contribution in [1.29, 1.82) is 0 Å². The van der Waals surface area contributed by atoms with E-state index in [-0.39, 0.29) is 11.3 Å². The summed E-state index contributed by atoms with van der Waals surface area (Å²) in [6, 6.07) is 8.02. The Morgan fingerprint density at radius 1 is 1.24 bits per heavy atom. The summed E-state index contributed by atoms with van der Waals surface area (Å²) in [5.41, 5.74) is 1.98. The summed E-state index contributed by atoms with van der Waals surface area (Å²) in [6.07, 6.45) is 1.54. The fourth-order valence-corrected chi connectivity index (χ4v) is 1.66. The Bertz CT molecular complexity index is 578. The maximum absolute atomic E-state index is 13.6. The van der Waals surface area contributed by atoms with E-state index < -0.39 is 5.82 Å². The number of halogens is 1. The van der Waals surface area contributed by atoms with E-state index in [9.17, 15) is 9.18 Å². The number of ketones is 1. The Morgan fingerprint density at radius 3 is 2.71 bits per heavy atom. The number of aromatic nitrogens is 1. The first kappa shape index (κ1) is 11.5. The minimum absolute atomic E-state index is 0.0757. The Kier molecular flexibility index (Phi) is 3.00. The molecule has 0 saturated heterocycles. The molecular weight excluding hydrogens is 217 g/mol. The molecule has 86 valence electrons. The predicted molar refractivity (Wildman–Crippen MR) is 63.5 cm³/mol. The zero-order valence-corrected chi connectivity index (χ0v) is 9.70. The highest BCUT2D eigenvalue weighted by atomic mass is 19.1. The molecule has 1 aromatic heterocycles. The van der Waals surface area contributed by atoms with E-state index in [0.29, 0.717) is 5.69 Å². The molecule has 3 heteroatoms. The van der Waals surface area contributed by atoms with Crippen LogP contribution in [0.1, 0.15) is 27.2 Å². The van der Waals surface area contributed by atoms with Gasteiger partial charge in [0.05, 0.1) is 5.56 Å². The van der Waals surface area contributed by atoms with Crippen LogP contribution in [0, 0.1) is 19.7 Å². The Morgan fingerprint density at radius 2 is 2.00 bits per heavy atom. The van der Waals surface area contributed by atoms with E-state index in [0.717, 1.165) is 11.1 Å². The van der Waals surface area contributed by atoms with Gasteiger partial charge in [0.2, 0.25) is 5.78 Å². The van der Waals surface area contributed by atoms with E-state index in [1.807, 2.05) is 6.92 Å². The molecule has 0 aliphatic rings. The minimum atomic E-state index is -0.509. The second-order valence-corrected chi connectivity index (χ2v) is 3.98. The third kappa shape index (κ3) is 2.23. The summed E-state index contributed by atoms with van der Waals surface area (Å²) in [4.78, 5) is 16.1. The zero-order chi connectivity index (χ0) is 12.4. The molecule has 1 aromatic carbocycles. The molecule has 2 aromatic rings. The number of hydrogen-bond donors (Lipinski definition) is 0. The summed E-state index contributed by atoms with van der Waals surface area (Å²) in [5.74, 6) is -0.880. The quantitative estimate of drug-likeness (QED) is 0.741. The van der Waals surface area contributed by atoms with Crippen molar-refractivity contribution in [2.24, 2.45) is 0 Å². The van der Waals surface area contributed by atoms with E-state index in [1.165, 1.54) is 12.3 Å². The highest BCUT2D eigenvalue weighted by Gasteiger charge is 2.16. The summed E-state index contributed by atoms with van der Waals surface area (Å²) < 4.78 is 13.6. The van der Waals surface area contributed by atoms with E-state index in [1.54, 1.807) is 31.2 Å². The third-order valence-corrected chi connectivity index (χ3v) is 2.59. The molecule has 1 heterocycles. The van der Waals surface area contributed by atoms with Crippen molar-refractivity contribution in [3.63, 3.8) is 0 Å². The van der Waals surface area contributed by atoms with E-state index in [4.69, 9.17) is 0 Å². The minimum Gasteiger partial charge on any atom is -0.287 e. The van der Waals surface area contributed by atoms with Gasteiger partial charge in [0, 0.05) is 6.20 Å². The normalized spacial score (nSPS) is 10.3.